The van der Waals surface area contributed by atoms with Crippen molar-refractivity contribution in [1.82, 2.24) is 0 Å². The lowest BCUT2D eigenvalue weighted by Gasteiger charge is -2.06. The predicted molar refractivity (Wildman–Crippen MR) is 65.1 cm³/mol. The minimum absolute atomic E-state index is 0.0535. The number of primary amides is 1. The number of nitrogens with two attached hydrogens (primary N) is 1. The highest BCUT2D eigenvalue weighted by molar-refractivity contribution is 9.10. The summed E-state index contributed by atoms with van der Waals surface area (Å²) in [5.74, 6) is -0.634. The topological polar surface area (TPSA) is 96.3 Å². The molecule has 0 saturated heterocycles. The van der Waals surface area contributed by atoms with Crippen LogP contribution in [0, 0.1) is 11.3 Å². The Balaban J connectivity index is 3.30. The Labute approximate surface area is 106 Å². The van der Waals surface area contributed by atoms with E-state index in [9.17, 15) is 9.90 Å². The molecule has 17 heavy (non-hydrogen) atoms. The summed E-state index contributed by atoms with van der Waals surface area (Å²) in [4.78, 5) is 10.9. The van der Waals surface area contributed by atoms with Gasteiger partial charge in [-0.05, 0) is 39.7 Å². The number of halogens is 1. The molecule has 0 aliphatic heterocycles. The fourth-order valence-corrected chi connectivity index (χ4v) is 1.62. The van der Waals surface area contributed by atoms with Gasteiger partial charge in [-0.3, -0.25) is 4.79 Å². The number of phenols is 1. The zero-order valence-corrected chi connectivity index (χ0v) is 10.5. The predicted octanol–water partition coefficient (Wildman–Crippen LogP) is 1.56. The van der Waals surface area contributed by atoms with Crippen molar-refractivity contribution >= 4 is 27.9 Å². The third-order valence-corrected chi connectivity index (χ3v) is 2.57. The Morgan fingerprint density at radius 3 is 2.76 bits per heavy atom. The minimum atomic E-state index is -0.810. The lowest BCUT2D eigenvalue weighted by Crippen LogP contribution is -2.12. The summed E-state index contributed by atoms with van der Waals surface area (Å²) < 4.78 is 5.33. The second kappa shape index (κ2) is 5.37. The van der Waals surface area contributed by atoms with E-state index in [0.29, 0.717) is 10.0 Å². The summed E-state index contributed by atoms with van der Waals surface area (Å²) in [7, 11) is 1.40. The molecule has 0 spiro atoms. The molecule has 0 heterocycles. The number of carbonyl (C=O) groups is 1. The van der Waals surface area contributed by atoms with Gasteiger partial charge in [0.15, 0.2) is 11.5 Å². The highest BCUT2D eigenvalue weighted by Crippen LogP contribution is 2.35. The summed E-state index contributed by atoms with van der Waals surface area (Å²) in [6.45, 7) is 0. The van der Waals surface area contributed by atoms with E-state index in [1.54, 1.807) is 6.07 Å². The summed E-state index contributed by atoms with van der Waals surface area (Å²) in [5, 5.41) is 18.3. The molecule has 0 saturated carbocycles. The van der Waals surface area contributed by atoms with Crippen LogP contribution < -0.4 is 10.5 Å². The maximum Gasteiger partial charge on any atom is 0.259 e. The number of aromatic hydroxyl groups is 1. The molecule has 5 nitrogen and oxygen atoms in total. The van der Waals surface area contributed by atoms with Gasteiger partial charge in [-0.2, -0.15) is 5.26 Å². The highest BCUT2D eigenvalue weighted by atomic mass is 79.9. The standard InChI is InChI=1S/C11H9BrN2O3/c1-17-9-4-6(3-8(12)10(9)15)2-7(5-13)11(14)16/h2-4,15H,1H3,(H2,14,16). The molecule has 0 unspecified atom stereocenters. The zero-order valence-electron chi connectivity index (χ0n) is 8.90. The molecule has 0 aromatic heterocycles. The van der Waals surface area contributed by atoms with Crippen molar-refractivity contribution in [2.75, 3.05) is 7.11 Å². The zero-order chi connectivity index (χ0) is 13.0. The molecule has 0 bridgehead atoms. The normalized spacial score (nSPS) is 10.8. The van der Waals surface area contributed by atoms with Crippen LogP contribution in [0.1, 0.15) is 5.56 Å². The van der Waals surface area contributed by atoms with Gasteiger partial charge < -0.3 is 15.6 Å². The highest BCUT2D eigenvalue weighted by Gasteiger charge is 2.09. The molecule has 1 rings (SSSR count). The van der Waals surface area contributed by atoms with Crippen LogP contribution in [0.3, 0.4) is 0 Å². The monoisotopic (exact) mass is 296 g/mol. The number of rotatable bonds is 3. The van der Waals surface area contributed by atoms with Gasteiger partial charge in [-0.1, -0.05) is 0 Å². The molecule has 0 aliphatic carbocycles. The molecule has 3 N–H and O–H groups in total. The molecule has 0 atom stereocenters. The first-order valence-corrected chi connectivity index (χ1v) is 5.27. The van der Waals surface area contributed by atoms with E-state index in [1.165, 1.54) is 25.3 Å². The van der Waals surface area contributed by atoms with E-state index < -0.39 is 5.91 Å². The SMILES string of the molecule is COc1cc(C=C(C#N)C(N)=O)cc(Br)c1O. The largest absolute Gasteiger partial charge is 0.503 e. The molecule has 88 valence electrons. The summed E-state index contributed by atoms with van der Waals surface area (Å²) >= 11 is 3.13. The van der Waals surface area contributed by atoms with Gasteiger partial charge in [0, 0.05) is 0 Å². The van der Waals surface area contributed by atoms with Crippen LogP contribution in [0.2, 0.25) is 0 Å². The lowest BCUT2D eigenvalue weighted by atomic mass is 10.1. The average Bonchev–Trinajstić information content (AvgIpc) is 2.29. The number of carbonyl (C=O) groups excluding carboxylic acids is 1. The minimum Gasteiger partial charge on any atom is -0.503 e. The number of hydrogen-bond acceptors (Lipinski definition) is 4. The third-order valence-electron chi connectivity index (χ3n) is 1.97. The molecule has 0 radical (unpaired) electrons. The van der Waals surface area contributed by atoms with Crippen molar-refractivity contribution in [3.05, 3.63) is 27.7 Å². The second-order valence-electron chi connectivity index (χ2n) is 3.09. The van der Waals surface area contributed by atoms with Crippen molar-refractivity contribution in [3.8, 4) is 17.6 Å². The number of methoxy groups -OCH3 is 1. The Morgan fingerprint density at radius 1 is 1.65 bits per heavy atom. The number of benzene rings is 1. The Hall–Kier alpha value is -2.00. The summed E-state index contributed by atoms with van der Waals surface area (Å²) in [6.07, 6.45) is 1.31. The summed E-state index contributed by atoms with van der Waals surface area (Å²) in [6, 6.07) is 4.72. The Morgan fingerprint density at radius 2 is 2.29 bits per heavy atom. The second-order valence-corrected chi connectivity index (χ2v) is 3.94. The first-order valence-electron chi connectivity index (χ1n) is 4.47. The van der Waals surface area contributed by atoms with E-state index in [2.05, 4.69) is 15.9 Å². The third kappa shape index (κ3) is 2.98. The van der Waals surface area contributed by atoms with E-state index in [4.69, 9.17) is 15.7 Å². The van der Waals surface area contributed by atoms with E-state index in [1.807, 2.05) is 0 Å². The molecule has 1 aromatic carbocycles. The molecular formula is C11H9BrN2O3. The smallest absolute Gasteiger partial charge is 0.259 e. The Kier molecular flexibility index (Phi) is 4.12. The van der Waals surface area contributed by atoms with Crippen molar-refractivity contribution in [2.24, 2.45) is 5.73 Å². The molecule has 0 fully saturated rings. The Bertz CT molecular complexity index is 532. The van der Waals surface area contributed by atoms with Crippen LogP contribution in [0.25, 0.3) is 6.08 Å². The number of hydrogen-bond donors (Lipinski definition) is 2. The molecule has 0 aliphatic rings. The molecular weight excluding hydrogens is 288 g/mol. The van der Waals surface area contributed by atoms with Crippen LogP contribution in [-0.4, -0.2) is 18.1 Å². The number of phenolic OH excluding ortho intramolecular Hbond substituents is 1. The van der Waals surface area contributed by atoms with Gasteiger partial charge in [-0.15, -0.1) is 0 Å². The average molecular weight is 297 g/mol. The van der Waals surface area contributed by atoms with E-state index >= 15 is 0 Å². The van der Waals surface area contributed by atoms with Gasteiger partial charge >= 0.3 is 0 Å². The van der Waals surface area contributed by atoms with Gasteiger partial charge in [0.1, 0.15) is 11.6 Å². The van der Waals surface area contributed by atoms with E-state index in [0.717, 1.165) is 0 Å². The number of amides is 1. The van der Waals surface area contributed by atoms with Gasteiger partial charge in [-0.25, -0.2) is 0 Å². The number of ether oxygens (including phenoxy) is 1. The summed E-state index contributed by atoms with van der Waals surface area (Å²) in [5.41, 5.74) is 5.35. The maximum absolute atomic E-state index is 10.9. The van der Waals surface area contributed by atoms with Crippen molar-refractivity contribution in [1.29, 1.82) is 5.26 Å². The van der Waals surface area contributed by atoms with Gasteiger partial charge in [0.2, 0.25) is 0 Å². The van der Waals surface area contributed by atoms with Gasteiger partial charge in [0.25, 0.3) is 5.91 Å². The first kappa shape index (κ1) is 13.1. The molecule has 6 heteroatoms. The molecule has 1 aromatic rings. The fraction of sp³-hybridized carbons (Fsp3) is 0.0909. The fourth-order valence-electron chi connectivity index (χ4n) is 1.16. The van der Waals surface area contributed by atoms with Crippen LogP contribution in [0.15, 0.2) is 22.2 Å². The van der Waals surface area contributed by atoms with Crippen molar-refractivity contribution in [3.63, 3.8) is 0 Å². The van der Waals surface area contributed by atoms with Gasteiger partial charge in [0.05, 0.1) is 11.6 Å². The number of nitriles is 1. The van der Waals surface area contributed by atoms with Crippen LogP contribution in [0.4, 0.5) is 0 Å². The molecule has 1 amide bonds. The quantitative estimate of drug-likeness (QED) is 0.653. The van der Waals surface area contributed by atoms with Crippen LogP contribution in [0.5, 0.6) is 11.5 Å². The lowest BCUT2D eigenvalue weighted by molar-refractivity contribution is -0.114. The van der Waals surface area contributed by atoms with Crippen molar-refractivity contribution < 1.29 is 14.6 Å². The maximum atomic E-state index is 10.9. The van der Waals surface area contributed by atoms with Crippen LogP contribution in [-0.2, 0) is 4.79 Å². The van der Waals surface area contributed by atoms with Crippen molar-refractivity contribution in [2.45, 2.75) is 0 Å². The first-order chi connectivity index (χ1) is 7.99. The van der Waals surface area contributed by atoms with Crippen LogP contribution >= 0.6 is 15.9 Å². The van der Waals surface area contributed by atoms with E-state index in [-0.39, 0.29) is 17.1 Å². The number of nitrogens with zero attached hydrogens (tertiary/aromatic N) is 1.